The predicted octanol–water partition coefficient (Wildman–Crippen LogP) is 2.91. The molecule has 0 aliphatic carbocycles. The van der Waals surface area contributed by atoms with E-state index in [0.29, 0.717) is 12.1 Å². The van der Waals surface area contributed by atoms with Crippen LogP contribution >= 0.6 is 0 Å². The van der Waals surface area contributed by atoms with Crippen molar-refractivity contribution in [2.45, 2.75) is 38.3 Å². The number of ether oxygens (including phenoxy) is 2. The minimum atomic E-state index is 0.355. The fourth-order valence-corrected chi connectivity index (χ4v) is 2.54. The lowest BCUT2D eigenvalue weighted by Crippen LogP contribution is -2.25. The summed E-state index contributed by atoms with van der Waals surface area (Å²) in [4.78, 5) is 0. The highest BCUT2D eigenvalue weighted by Gasteiger charge is 2.21. The minimum absolute atomic E-state index is 0.355. The van der Waals surface area contributed by atoms with Gasteiger partial charge in [-0.15, -0.1) is 0 Å². The fraction of sp³-hybridized carbons (Fsp3) is 0.600. The van der Waals surface area contributed by atoms with E-state index in [1.165, 1.54) is 18.4 Å². The molecule has 1 fully saturated rings. The van der Waals surface area contributed by atoms with E-state index in [-0.39, 0.29) is 0 Å². The Labute approximate surface area is 109 Å². The van der Waals surface area contributed by atoms with E-state index >= 15 is 0 Å². The molecule has 2 unspecified atom stereocenters. The molecule has 0 saturated carbocycles. The zero-order valence-corrected chi connectivity index (χ0v) is 11.3. The molecule has 2 atom stereocenters. The van der Waals surface area contributed by atoms with Crippen molar-refractivity contribution in [1.82, 2.24) is 5.32 Å². The van der Waals surface area contributed by atoms with Crippen LogP contribution in [0.1, 0.15) is 37.8 Å². The topological polar surface area (TPSA) is 30.5 Å². The van der Waals surface area contributed by atoms with Crippen LogP contribution in [-0.4, -0.2) is 26.4 Å². The van der Waals surface area contributed by atoms with Gasteiger partial charge in [-0.1, -0.05) is 19.1 Å². The quantitative estimate of drug-likeness (QED) is 0.841. The van der Waals surface area contributed by atoms with Gasteiger partial charge in [0, 0.05) is 12.6 Å². The van der Waals surface area contributed by atoms with Crippen molar-refractivity contribution in [3.8, 4) is 5.75 Å². The van der Waals surface area contributed by atoms with Gasteiger partial charge in [0.15, 0.2) is 0 Å². The van der Waals surface area contributed by atoms with Gasteiger partial charge in [-0.3, -0.25) is 0 Å². The lowest BCUT2D eigenvalue weighted by molar-refractivity contribution is 0.0947. The summed E-state index contributed by atoms with van der Waals surface area (Å²) in [5.41, 5.74) is 1.28. The van der Waals surface area contributed by atoms with Gasteiger partial charge in [0.2, 0.25) is 0 Å². The van der Waals surface area contributed by atoms with Crippen molar-refractivity contribution >= 4 is 0 Å². The summed E-state index contributed by atoms with van der Waals surface area (Å²) in [5, 5.41) is 3.54. The highest BCUT2D eigenvalue weighted by Crippen LogP contribution is 2.27. The molecule has 100 valence electrons. The van der Waals surface area contributed by atoms with Gasteiger partial charge in [-0.25, -0.2) is 0 Å². The number of nitrogens with one attached hydrogen (secondary N) is 1. The molecule has 1 aromatic rings. The molecule has 1 N–H and O–H groups in total. The summed E-state index contributed by atoms with van der Waals surface area (Å²) in [6.45, 7) is 4.03. The molecule has 3 heteroatoms. The maximum absolute atomic E-state index is 5.74. The fourth-order valence-electron chi connectivity index (χ4n) is 2.54. The molecule has 0 spiro atoms. The normalized spacial score (nSPS) is 20.9. The number of benzene rings is 1. The number of hydrogen-bond donors (Lipinski definition) is 1. The van der Waals surface area contributed by atoms with E-state index in [9.17, 15) is 0 Å². The number of methoxy groups -OCH3 is 1. The Morgan fingerprint density at radius 3 is 3.06 bits per heavy atom. The Morgan fingerprint density at radius 1 is 1.50 bits per heavy atom. The molecule has 0 aromatic heterocycles. The van der Waals surface area contributed by atoms with Gasteiger partial charge in [-0.05, 0) is 43.5 Å². The second kappa shape index (κ2) is 6.76. The zero-order valence-electron chi connectivity index (χ0n) is 11.3. The molecule has 1 aliphatic heterocycles. The second-order valence-electron chi connectivity index (χ2n) is 4.76. The third kappa shape index (κ3) is 3.47. The maximum atomic E-state index is 5.74. The molecule has 0 amide bonds. The van der Waals surface area contributed by atoms with E-state index < -0.39 is 0 Å². The smallest absolute Gasteiger partial charge is 0.119 e. The van der Waals surface area contributed by atoms with Gasteiger partial charge in [-0.2, -0.15) is 0 Å². The lowest BCUT2D eigenvalue weighted by Gasteiger charge is -2.22. The zero-order chi connectivity index (χ0) is 12.8. The van der Waals surface area contributed by atoms with Gasteiger partial charge in [0.25, 0.3) is 0 Å². The SMILES string of the molecule is CCNC(CC1CCCO1)c1cccc(OC)c1. The van der Waals surface area contributed by atoms with Crippen LogP contribution in [0.5, 0.6) is 5.75 Å². The standard InChI is InChI=1S/C15H23NO2/c1-3-16-15(11-14-8-5-9-18-14)12-6-4-7-13(10-12)17-2/h4,6-7,10,14-16H,3,5,8-9,11H2,1-2H3. The van der Waals surface area contributed by atoms with E-state index in [0.717, 1.165) is 25.3 Å². The van der Waals surface area contributed by atoms with Gasteiger partial charge in [0.05, 0.1) is 13.2 Å². The molecule has 0 radical (unpaired) electrons. The van der Waals surface area contributed by atoms with Crippen LogP contribution < -0.4 is 10.1 Å². The predicted molar refractivity (Wildman–Crippen MR) is 73.0 cm³/mol. The summed E-state index contributed by atoms with van der Waals surface area (Å²) < 4.78 is 11.0. The Bertz CT molecular complexity index is 361. The third-order valence-corrected chi connectivity index (χ3v) is 3.47. The molecular weight excluding hydrogens is 226 g/mol. The van der Waals surface area contributed by atoms with Crippen molar-refractivity contribution in [2.75, 3.05) is 20.3 Å². The first-order chi connectivity index (χ1) is 8.83. The van der Waals surface area contributed by atoms with Crippen LogP contribution in [0.25, 0.3) is 0 Å². The highest BCUT2D eigenvalue weighted by molar-refractivity contribution is 5.30. The van der Waals surface area contributed by atoms with Crippen molar-refractivity contribution in [1.29, 1.82) is 0 Å². The van der Waals surface area contributed by atoms with E-state index in [1.54, 1.807) is 7.11 Å². The van der Waals surface area contributed by atoms with E-state index in [2.05, 4.69) is 24.4 Å². The summed E-state index contributed by atoms with van der Waals surface area (Å²) in [5.74, 6) is 0.919. The molecule has 1 heterocycles. The van der Waals surface area contributed by atoms with Gasteiger partial charge >= 0.3 is 0 Å². The molecule has 3 nitrogen and oxygen atoms in total. The summed E-state index contributed by atoms with van der Waals surface area (Å²) in [6.07, 6.45) is 3.83. The van der Waals surface area contributed by atoms with Crippen molar-refractivity contribution < 1.29 is 9.47 Å². The maximum Gasteiger partial charge on any atom is 0.119 e. The Hall–Kier alpha value is -1.06. The van der Waals surface area contributed by atoms with Crippen molar-refractivity contribution in [2.24, 2.45) is 0 Å². The van der Waals surface area contributed by atoms with Crippen LogP contribution in [-0.2, 0) is 4.74 Å². The van der Waals surface area contributed by atoms with E-state index in [1.807, 2.05) is 12.1 Å². The summed E-state index contributed by atoms with van der Waals surface area (Å²) in [6, 6.07) is 8.66. The molecular formula is C15H23NO2. The average molecular weight is 249 g/mol. The van der Waals surface area contributed by atoms with Crippen LogP contribution in [0.2, 0.25) is 0 Å². The molecule has 1 saturated heterocycles. The third-order valence-electron chi connectivity index (χ3n) is 3.47. The lowest BCUT2D eigenvalue weighted by atomic mass is 9.99. The average Bonchev–Trinajstić information content (AvgIpc) is 2.91. The first-order valence-electron chi connectivity index (χ1n) is 6.82. The number of rotatable bonds is 6. The van der Waals surface area contributed by atoms with E-state index in [4.69, 9.17) is 9.47 Å². The second-order valence-corrected chi connectivity index (χ2v) is 4.76. The van der Waals surface area contributed by atoms with Crippen LogP contribution in [0.4, 0.5) is 0 Å². The van der Waals surface area contributed by atoms with Crippen molar-refractivity contribution in [3.05, 3.63) is 29.8 Å². The van der Waals surface area contributed by atoms with Crippen LogP contribution in [0.3, 0.4) is 0 Å². The Balaban J connectivity index is 2.06. The van der Waals surface area contributed by atoms with Crippen LogP contribution in [0, 0.1) is 0 Å². The summed E-state index contributed by atoms with van der Waals surface area (Å²) >= 11 is 0. The largest absolute Gasteiger partial charge is 0.497 e. The Kier molecular flexibility index (Phi) is 5.02. The van der Waals surface area contributed by atoms with Crippen molar-refractivity contribution in [3.63, 3.8) is 0 Å². The summed E-state index contributed by atoms with van der Waals surface area (Å²) in [7, 11) is 1.71. The molecule has 1 aromatic carbocycles. The molecule has 18 heavy (non-hydrogen) atoms. The minimum Gasteiger partial charge on any atom is -0.497 e. The molecule has 0 bridgehead atoms. The van der Waals surface area contributed by atoms with Gasteiger partial charge in [0.1, 0.15) is 5.75 Å². The molecule has 1 aliphatic rings. The highest BCUT2D eigenvalue weighted by atomic mass is 16.5. The Morgan fingerprint density at radius 2 is 2.39 bits per heavy atom. The van der Waals surface area contributed by atoms with Crippen LogP contribution in [0.15, 0.2) is 24.3 Å². The first-order valence-corrected chi connectivity index (χ1v) is 6.82. The molecule has 2 rings (SSSR count). The van der Waals surface area contributed by atoms with Gasteiger partial charge < -0.3 is 14.8 Å². The first kappa shape index (κ1) is 13.4. The monoisotopic (exact) mass is 249 g/mol. The number of hydrogen-bond acceptors (Lipinski definition) is 3.